The van der Waals surface area contributed by atoms with Gasteiger partial charge in [0.1, 0.15) is 17.8 Å². The Labute approximate surface area is 178 Å². The van der Waals surface area contributed by atoms with E-state index in [0.717, 1.165) is 4.90 Å². The first-order valence-corrected chi connectivity index (χ1v) is 9.78. The Bertz CT molecular complexity index is 965. The molecule has 1 fully saturated rings. The molecule has 2 atom stereocenters. The molecule has 0 bridgehead atoms. The standard InChI is InChI=1S/C21H22ClF2N3O3/c1-21(2,3)30-20(29)27-11-12(23)10-16(27)19(28)26-15-8-4-6-13(17(15)24)18-14(22)7-5-9-25-18/h4-9,12,16H,10-11H2,1-3H3,(H,26,28). The van der Waals surface area contributed by atoms with Crippen LogP contribution >= 0.6 is 11.6 Å². The topological polar surface area (TPSA) is 71.5 Å². The molecule has 30 heavy (non-hydrogen) atoms. The van der Waals surface area contributed by atoms with E-state index in [4.69, 9.17) is 16.3 Å². The van der Waals surface area contributed by atoms with Gasteiger partial charge in [-0.2, -0.15) is 0 Å². The molecule has 2 heterocycles. The maximum atomic E-state index is 15.0. The number of rotatable bonds is 3. The van der Waals surface area contributed by atoms with Gasteiger partial charge < -0.3 is 10.1 Å². The van der Waals surface area contributed by atoms with Crippen molar-refractivity contribution in [1.29, 1.82) is 0 Å². The van der Waals surface area contributed by atoms with Crippen LogP contribution in [0.25, 0.3) is 11.3 Å². The van der Waals surface area contributed by atoms with Crippen LogP contribution in [-0.2, 0) is 9.53 Å². The second kappa shape index (κ2) is 8.55. The molecular formula is C21H22ClF2N3O3. The van der Waals surface area contributed by atoms with E-state index in [1.54, 1.807) is 32.9 Å². The molecule has 1 N–H and O–H groups in total. The Morgan fingerprint density at radius 2 is 2.00 bits per heavy atom. The van der Waals surface area contributed by atoms with Crippen molar-refractivity contribution in [1.82, 2.24) is 9.88 Å². The zero-order valence-electron chi connectivity index (χ0n) is 16.8. The summed E-state index contributed by atoms with van der Waals surface area (Å²) in [6.45, 7) is 4.75. The summed E-state index contributed by atoms with van der Waals surface area (Å²) >= 11 is 6.10. The van der Waals surface area contributed by atoms with E-state index >= 15 is 4.39 Å². The van der Waals surface area contributed by atoms with Crippen LogP contribution in [-0.4, -0.2) is 46.2 Å². The number of carbonyl (C=O) groups is 2. The van der Waals surface area contributed by atoms with Gasteiger partial charge in [-0.15, -0.1) is 0 Å². The number of hydrogen-bond donors (Lipinski definition) is 1. The molecular weight excluding hydrogens is 416 g/mol. The smallest absolute Gasteiger partial charge is 0.411 e. The molecule has 3 rings (SSSR count). The number of aromatic nitrogens is 1. The summed E-state index contributed by atoms with van der Waals surface area (Å²) in [4.78, 5) is 30.3. The third-order valence-corrected chi connectivity index (χ3v) is 4.76. The average Bonchev–Trinajstić information content (AvgIpc) is 3.05. The van der Waals surface area contributed by atoms with Crippen molar-refractivity contribution in [3.8, 4) is 11.3 Å². The monoisotopic (exact) mass is 437 g/mol. The van der Waals surface area contributed by atoms with Gasteiger partial charge >= 0.3 is 6.09 Å². The lowest BCUT2D eigenvalue weighted by molar-refractivity contribution is -0.120. The van der Waals surface area contributed by atoms with Crippen molar-refractivity contribution in [3.05, 3.63) is 47.4 Å². The van der Waals surface area contributed by atoms with Crippen LogP contribution in [0.4, 0.5) is 19.3 Å². The van der Waals surface area contributed by atoms with Gasteiger partial charge in [-0.05, 0) is 45.0 Å². The molecule has 6 nitrogen and oxygen atoms in total. The molecule has 1 aliphatic heterocycles. The largest absolute Gasteiger partial charge is 0.444 e. The van der Waals surface area contributed by atoms with Crippen molar-refractivity contribution in [2.75, 3.05) is 11.9 Å². The number of amides is 2. The second-order valence-corrected chi connectivity index (χ2v) is 8.38. The molecule has 2 aromatic rings. The number of likely N-dealkylation sites (tertiary alicyclic amines) is 1. The minimum atomic E-state index is -1.38. The highest BCUT2D eigenvalue weighted by Gasteiger charge is 2.42. The number of ether oxygens (including phenoxy) is 1. The maximum absolute atomic E-state index is 15.0. The lowest BCUT2D eigenvalue weighted by Crippen LogP contribution is -2.45. The number of alkyl halides is 1. The summed E-state index contributed by atoms with van der Waals surface area (Å²) in [5.74, 6) is -1.44. The first-order chi connectivity index (χ1) is 14.1. The van der Waals surface area contributed by atoms with Crippen molar-refractivity contribution in [2.45, 2.75) is 45.0 Å². The van der Waals surface area contributed by atoms with Crippen molar-refractivity contribution in [3.63, 3.8) is 0 Å². The minimum Gasteiger partial charge on any atom is -0.444 e. The van der Waals surface area contributed by atoms with E-state index in [2.05, 4.69) is 10.3 Å². The van der Waals surface area contributed by atoms with Gasteiger partial charge in [0.15, 0.2) is 5.82 Å². The number of benzene rings is 1. The third-order valence-electron chi connectivity index (χ3n) is 4.45. The van der Waals surface area contributed by atoms with E-state index in [-0.39, 0.29) is 34.9 Å². The molecule has 0 saturated carbocycles. The van der Waals surface area contributed by atoms with Gasteiger partial charge in [-0.1, -0.05) is 17.7 Å². The van der Waals surface area contributed by atoms with Gasteiger partial charge in [0.2, 0.25) is 5.91 Å². The summed E-state index contributed by atoms with van der Waals surface area (Å²) < 4.78 is 34.3. The fraction of sp³-hybridized carbons (Fsp3) is 0.381. The molecule has 1 aromatic heterocycles. The first kappa shape index (κ1) is 22.0. The number of carbonyl (C=O) groups excluding carboxylic acids is 2. The van der Waals surface area contributed by atoms with Crippen molar-refractivity contribution in [2.24, 2.45) is 0 Å². The predicted molar refractivity (Wildman–Crippen MR) is 110 cm³/mol. The fourth-order valence-electron chi connectivity index (χ4n) is 3.17. The van der Waals surface area contributed by atoms with E-state index in [1.807, 2.05) is 0 Å². The molecule has 1 aromatic carbocycles. The Hall–Kier alpha value is -2.74. The molecule has 160 valence electrons. The summed E-state index contributed by atoms with van der Waals surface area (Å²) in [6.07, 6.45) is -0.891. The van der Waals surface area contributed by atoms with Crippen LogP contribution in [0.1, 0.15) is 27.2 Å². The number of nitrogens with one attached hydrogen (secondary N) is 1. The second-order valence-electron chi connectivity index (χ2n) is 7.97. The Morgan fingerprint density at radius 1 is 1.27 bits per heavy atom. The van der Waals surface area contributed by atoms with E-state index in [9.17, 15) is 14.0 Å². The number of pyridine rings is 1. The van der Waals surface area contributed by atoms with Crippen LogP contribution < -0.4 is 5.32 Å². The van der Waals surface area contributed by atoms with E-state index in [0.29, 0.717) is 0 Å². The Balaban J connectivity index is 1.82. The van der Waals surface area contributed by atoms with Gasteiger partial charge in [0, 0.05) is 18.2 Å². The molecule has 0 spiro atoms. The molecule has 0 aliphatic carbocycles. The molecule has 0 radical (unpaired) electrons. The molecule has 1 aliphatic rings. The minimum absolute atomic E-state index is 0.109. The van der Waals surface area contributed by atoms with Gasteiger partial charge in [-0.3, -0.25) is 14.7 Å². The first-order valence-electron chi connectivity index (χ1n) is 9.41. The fourth-order valence-corrected chi connectivity index (χ4v) is 3.39. The highest BCUT2D eigenvalue weighted by molar-refractivity contribution is 6.33. The lowest BCUT2D eigenvalue weighted by Gasteiger charge is -2.27. The Kier molecular flexibility index (Phi) is 6.26. The van der Waals surface area contributed by atoms with Gasteiger partial charge in [0.25, 0.3) is 0 Å². The predicted octanol–water partition coefficient (Wildman–Crippen LogP) is 4.83. The van der Waals surface area contributed by atoms with Crippen LogP contribution in [0.15, 0.2) is 36.5 Å². The van der Waals surface area contributed by atoms with E-state index < -0.39 is 35.6 Å². The van der Waals surface area contributed by atoms with Crippen LogP contribution in [0.2, 0.25) is 5.02 Å². The number of nitrogens with zero attached hydrogens (tertiary/aromatic N) is 2. The molecule has 9 heteroatoms. The number of anilines is 1. The molecule has 2 amide bonds. The average molecular weight is 438 g/mol. The van der Waals surface area contributed by atoms with E-state index in [1.165, 1.54) is 24.4 Å². The van der Waals surface area contributed by atoms with Crippen molar-refractivity contribution >= 4 is 29.3 Å². The normalized spacial score (nSPS) is 18.9. The Morgan fingerprint density at radius 3 is 2.67 bits per heavy atom. The van der Waals surface area contributed by atoms with Crippen LogP contribution in [0.5, 0.6) is 0 Å². The zero-order chi connectivity index (χ0) is 22.1. The number of hydrogen-bond acceptors (Lipinski definition) is 4. The summed E-state index contributed by atoms with van der Waals surface area (Å²) in [6, 6.07) is 6.47. The van der Waals surface area contributed by atoms with Crippen LogP contribution in [0, 0.1) is 5.82 Å². The highest BCUT2D eigenvalue weighted by Crippen LogP contribution is 2.31. The maximum Gasteiger partial charge on any atom is 0.411 e. The zero-order valence-corrected chi connectivity index (χ0v) is 17.5. The molecule has 1 saturated heterocycles. The quantitative estimate of drug-likeness (QED) is 0.746. The van der Waals surface area contributed by atoms with Crippen LogP contribution in [0.3, 0.4) is 0 Å². The van der Waals surface area contributed by atoms with Gasteiger partial charge in [-0.25, -0.2) is 13.6 Å². The lowest BCUT2D eigenvalue weighted by atomic mass is 10.1. The van der Waals surface area contributed by atoms with Crippen molar-refractivity contribution < 1.29 is 23.1 Å². The number of halogens is 3. The summed E-state index contributed by atoms with van der Waals surface area (Å²) in [5, 5.41) is 2.71. The summed E-state index contributed by atoms with van der Waals surface area (Å²) in [5.41, 5.74) is -0.578. The third kappa shape index (κ3) is 4.87. The SMILES string of the molecule is CC(C)(C)OC(=O)N1CC(F)CC1C(=O)Nc1cccc(-c2ncccc2Cl)c1F. The summed E-state index contributed by atoms with van der Waals surface area (Å²) in [7, 11) is 0. The van der Waals surface area contributed by atoms with Gasteiger partial charge in [0.05, 0.1) is 22.9 Å². The molecule has 2 unspecified atom stereocenters. The highest BCUT2D eigenvalue weighted by atomic mass is 35.5.